The van der Waals surface area contributed by atoms with Crippen LogP contribution in [0.2, 0.25) is 0 Å². The van der Waals surface area contributed by atoms with Crippen molar-refractivity contribution in [1.29, 1.82) is 0 Å². The molecule has 0 saturated carbocycles. The van der Waals surface area contributed by atoms with Crippen molar-refractivity contribution in [1.82, 2.24) is 0 Å². The van der Waals surface area contributed by atoms with Gasteiger partial charge in [-0.3, -0.25) is 0 Å². The fourth-order valence-electron chi connectivity index (χ4n) is 1.67. The van der Waals surface area contributed by atoms with Crippen molar-refractivity contribution in [3.8, 4) is 11.5 Å². The van der Waals surface area contributed by atoms with Crippen molar-refractivity contribution in [2.45, 2.75) is 25.9 Å². The molecule has 0 bridgehead atoms. The van der Waals surface area contributed by atoms with E-state index in [0.29, 0.717) is 19.0 Å². The average Bonchev–Trinajstić information content (AvgIpc) is 2.41. The highest BCUT2D eigenvalue weighted by Crippen LogP contribution is 2.37. The molecule has 16 heavy (non-hydrogen) atoms. The zero-order valence-corrected chi connectivity index (χ0v) is 9.42. The molecule has 2 rings (SSSR count). The molecule has 0 unspecified atom stereocenters. The lowest BCUT2D eigenvalue weighted by molar-refractivity contribution is 0.0737. The van der Waals surface area contributed by atoms with E-state index in [9.17, 15) is 9.50 Å². The maximum absolute atomic E-state index is 14.1. The molecule has 88 valence electrons. The zero-order chi connectivity index (χ0) is 11.8. The molecule has 0 saturated heterocycles. The van der Waals surface area contributed by atoms with Crippen molar-refractivity contribution in [3.63, 3.8) is 0 Å². The van der Waals surface area contributed by atoms with Gasteiger partial charge in [0.1, 0.15) is 0 Å². The summed E-state index contributed by atoms with van der Waals surface area (Å²) in [7, 11) is 0. The first kappa shape index (κ1) is 11.2. The highest BCUT2D eigenvalue weighted by atomic mass is 19.1. The van der Waals surface area contributed by atoms with Gasteiger partial charge in [-0.05, 0) is 26.0 Å². The second kappa shape index (κ2) is 3.94. The Balaban J connectivity index is 2.50. The van der Waals surface area contributed by atoms with E-state index in [2.05, 4.69) is 0 Å². The van der Waals surface area contributed by atoms with Crippen molar-refractivity contribution in [2.24, 2.45) is 0 Å². The number of ether oxygens (including phenoxy) is 2. The van der Waals surface area contributed by atoms with Crippen LogP contribution in [0.3, 0.4) is 0 Å². The molecule has 0 aromatic heterocycles. The van der Waals surface area contributed by atoms with Gasteiger partial charge < -0.3 is 14.6 Å². The second-order valence-electron chi connectivity index (χ2n) is 4.36. The molecule has 1 aromatic carbocycles. The summed E-state index contributed by atoms with van der Waals surface area (Å²) in [6.07, 6.45) is 0.728. The van der Waals surface area contributed by atoms with Gasteiger partial charge in [0.15, 0.2) is 17.3 Å². The first-order chi connectivity index (χ1) is 7.50. The van der Waals surface area contributed by atoms with E-state index < -0.39 is 11.4 Å². The largest absolute Gasteiger partial charge is 0.489 e. The molecule has 1 aromatic rings. The van der Waals surface area contributed by atoms with Crippen molar-refractivity contribution >= 4 is 0 Å². The van der Waals surface area contributed by atoms with Gasteiger partial charge in [-0.1, -0.05) is 0 Å². The summed E-state index contributed by atoms with van der Waals surface area (Å²) in [5.74, 6) is -0.0213. The number of hydrogen-bond acceptors (Lipinski definition) is 3. The third kappa shape index (κ3) is 1.97. The van der Waals surface area contributed by atoms with Crippen LogP contribution in [-0.4, -0.2) is 18.3 Å². The maximum Gasteiger partial charge on any atom is 0.197 e. The van der Waals surface area contributed by atoms with Gasteiger partial charge in [-0.15, -0.1) is 0 Å². The van der Waals surface area contributed by atoms with E-state index in [1.54, 1.807) is 6.07 Å². The molecule has 0 fully saturated rings. The Morgan fingerprint density at radius 2 is 1.94 bits per heavy atom. The number of halogens is 1. The van der Waals surface area contributed by atoms with Crippen LogP contribution in [0.25, 0.3) is 0 Å². The molecule has 0 atom stereocenters. The predicted molar refractivity (Wildman–Crippen MR) is 57.3 cm³/mol. The van der Waals surface area contributed by atoms with E-state index in [1.165, 1.54) is 19.9 Å². The van der Waals surface area contributed by atoms with Gasteiger partial charge >= 0.3 is 0 Å². The smallest absolute Gasteiger partial charge is 0.197 e. The van der Waals surface area contributed by atoms with Gasteiger partial charge in [0.05, 0.1) is 18.8 Å². The van der Waals surface area contributed by atoms with Gasteiger partial charge in [0, 0.05) is 12.0 Å². The molecular weight excluding hydrogens is 211 g/mol. The predicted octanol–water partition coefficient (Wildman–Crippen LogP) is 2.21. The normalized spacial score (nSPS) is 15.8. The van der Waals surface area contributed by atoms with Crippen molar-refractivity contribution in [3.05, 3.63) is 23.5 Å². The third-order valence-electron chi connectivity index (χ3n) is 2.51. The number of fused-ring (bicyclic) bond motifs is 1. The van der Waals surface area contributed by atoms with Crippen LogP contribution in [-0.2, 0) is 5.60 Å². The summed E-state index contributed by atoms with van der Waals surface area (Å²) in [4.78, 5) is 0. The Bertz CT molecular complexity index is 396. The fourth-order valence-corrected chi connectivity index (χ4v) is 1.67. The summed E-state index contributed by atoms with van der Waals surface area (Å²) in [5.41, 5.74) is -1.01. The summed E-state index contributed by atoms with van der Waals surface area (Å²) in [6.45, 7) is 4.03. The van der Waals surface area contributed by atoms with Gasteiger partial charge in [-0.25, -0.2) is 4.39 Å². The maximum atomic E-state index is 14.1. The monoisotopic (exact) mass is 226 g/mol. The topological polar surface area (TPSA) is 38.7 Å². The van der Waals surface area contributed by atoms with Crippen LogP contribution >= 0.6 is 0 Å². The molecule has 0 aliphatic carbocycles. The standard InChI is InChI=1S/C12H15FO3/c1-12(2,14)8-4-5-9-11(10(8)13)16-7-3-6-15-9/h4-5,14H,3,6-7H2,1-2H3. The summed E-state index contributed by atoms with van der Waals surface area (Å²) < 4.78 is 24.7. The van der Waals surface area contributed by atoms with Gasteiger partial charge in [0.2, 0.25) is 0 Å². The molecule has 1 N–H and O–H groups in total. The SMILES string of the molecule is CC(C)(O)c1ccc2c(c1F)OCCCO2. The third-order valence-corrected chi connectivity index (χ3v) is 2.51. The van der Waals surface area contributed by atoms with Crippen LogP contribution in [0.4, 0.5) is 4.39 Å². The Morgan fingerprint density at radius 1 is 1.25 bits per heavy atom. The molecular formula is C12H15FO3. The lowest BCUT2D eigenvalue weighted by Crippen LogP contribution is -2.18. The molecule has 1 heterocycles. The minimum Gasteiger partial charge on any atom is -0.489 e. The van der Waals surface area contributed by atoms with Crippen molar-refractivity contribution < 1.29 is 19.0 Å². The van der Waals surface area contributed by atoms with Crippen LogP contribution in [0.1, 0.15) is 25.8 Å². The van der Waals surface area contributed by atoms with Crippen LogP contribution in [0, 0.1) is 5.82 Å². The Morgan fingerprint density at radius 3 is 2.62 bits per heavy atom. The average molecular weight is 226 g/mol. The summed E-state index contributed by atoms with van der Waals surface area (Å²) in [5, 5.41) is 9.81. The summed E-state index contributed by atoms with van der Waals surface area (Å²) >= 11 is 0. The van der Waals surface area contributed by atoms with E-state index in [1.807, 2.05) is 0 Å². The van der Waals surface area contributed by atoms with Gasteiger partial charge in [-0.2, -0.15) is 0 Å². The summed E-state index contributed by atoms with van der Waals surface area (Å²) in [6, 6.07) is 3.17. The van der Waals surface area contributed by atoms with Crippen LogP contribution in [0.15, 0.2) is 12.1 Å². The van der Waals surface area contributed by atoms with E-state index in [4.69, 9.17) is 9.47 Å². The lowest BCUT2D eigenvalue weighted by atomic mass is 9.97. The van der Waals surface area contributed by atoms with Crippen molar-refractivity contribution in [2.75, 3.05) is 13.2 Å². The highest BCUT2D eigenvalue weighted by molar-refractivity contribution is 5.46. The molecule has 3 nitrogen and oxygen atoms in total. The first-order valence-corrected chi connectivity index (χ1v) is 5.31. The Kier molecular flexibility index (Phi) is 2.76. The van der Waals surface area contributed by atoms with E-state index in [0.717, 1.165) is 6.42 Å². The lowest BCUT2D eigenvalue weighted by Gasteiger charge is -2.20. The second-order valence-corrected chi connectivity index (χ2v) is 4.36. The van der Waals surface area contributed by atoms with Crippen LogP contribution < -0.4 is 9.47 Å². The Hall–Kier alpha value is -1.29. The highest BCUT2D eigenvalue weighted by Gasteiger charge is 2.26. The number of rotatable bonds is 1. The van der Waals surface area contributed by atoms with E-state index in [-0.39, 0.29) is 11.3 Å². The van der Waals surface area contributed by atoms with Gasteiger partial charge in [0.25, 0.3) is 0 Å². The molecule has 0 amide bonds. The minimum absolute atomic E-state index is 0.108. The molecule has 0 spiro atoms. The fraction of sp³-hybridized carbons (Fsp3) is 0.500. The first-order valence-electron chi connectivity index (χ1n) is 5.31. The molecule has 1 aliphatic heterocycles. The molecule has 0 radical (unpaired) electrons. The minimum atomic E-state index is -1.23. The number of benzene rings is 1. The zero-order valence-electron chi connectivity index (χ0n) is 9.42. The quantitative estimate of drug-likeness (QED) is 0.798. The van der Waals surface area contributed by atoms with E-state index >= 15 is 0 Å². The number of hydrogen-bond donors (Lipinski definition) is 1. The molecule has 4 heteroatoms. The number of aliphatic hydroxyl groups is 1. The van der Waals surface area contributed by atoms with Crippen LogP contribution in [0.5, 0.6) is 11.5 Å². The molecule has 1 aliphatic rings. The Labute approximate surface area is 93.8 Å².